The molecule has 0 saturated carbocycles. The number of pyridine rings is 1. The molecular weight excluding hydrogens is 522 g/mol. The van der Waals surface area contributed by atoms with Gasteiger partial charge in [0.05, 0.1) is 5.56 Å². The summed E-state index contributed by atoms with van der Waals surface area (Å²) in [5.74, 6) is -1.41. The fourth-order valence-electron chi connectivity index (χ4n) is 3.44. The number of nitrogens with two attached hydrogens (primary N) is 1. The highest BCUT2D eigenvalue weighted by atomic mass is 19.4. The zero-order valence-corrected chi connectivity index (χ0v) is 18.9. The lowest BCUT2D eigenvalue weighted by Crippen LogP contribution is -2.33. The van der Waals surface area contributed by atoms with Crippen LogP contribution in [0.1, 0.15) is 16.1 Å². The number of aromatic nitrogens is 4. The first kappa shape index (κ1) is 26.2. The standard InChI is InChI=1S/C22H16F6N8O2/c23-21(24,25)9-30-19(37)13-8-36-17(18(29)31-10-32-36)16(13)11-4-6-12(7-5-11)33-20(38)35-15-3-1-2-14(34-15)22(26,27)28/h1-8,10H,9H2,(H,30,37)(H2,29,31,32)(H2,33,34,35,38). The predicted octanol–water partition coefficient (Wildman–Crippen LogP) is 4.33. The van der Waals surface area contributed by atoms with Gasteiger partial charge in [0.2, 0.25) is 0 Å². The number of nitrogens with one attached hydrogen (secondary N) is 3. The van der Waals surface area contributed by atoms with Crippen LogP contribution in [-0.4, -0.2) is 44.2 Å². The van der Waals surface area contributed by atoms with Gasteiger partial charge in [-0.1, -0.05) is 18.2 Å². The van der Waals surface area contributed by atoms with Crippen molar-refractivity contribution >= 4 is 34.8 Å². The largest absolute Gasteiger partial charge is 0.433 e. The van der Waals surface area contributed by atoms with Crippen molar-refractivity contribution in [3.63, 3.8) is 0 Å². The van der Waals surface area contributed by atoms with Gasteiger partial charge in [-0.05, 0) is 29.8 Å². The third-order valence-electron chi connectivity index (χ3n) is 5.01. The fraction of sp³-hybridized carbons (Fsp3) is 0.136. The van der Waals surface area contributed by atoms with Gasteiger partial charge >= 0.3 is 18.4 Å². The highest BCUT2D eigenvalue weighted by Gasteiger charge is 2.32. The van der Waals surface area contributed by atoms with Crippen LogP contribution in [0.15, 0.2) is 55.0 Å². The van der Waals surface area contributed by atoms with Crippen LogP contribution in [0, 0.1) is 0 Å². The van der Waals surface area contributed by atoms with E-state index in [2.05, 4.69) is 25.7 Å². The molecule has 0 radical (unpaired) electrons. The molecule has 0 spiro atoms. The molecule has 38 heavy (non-hydrogen) atoms. The van der Waals surface area contributed by atoms with Crippen LogP contribution in [0.25, 0.3) is 16.6 Å². The molecule has 0 saturated heterocycles. The number of halogens is 6. The van der Waals surface area contributed by atoms with E-state index in [1.807, 2.05) is 0 Å². The number of anilines is 3. The van der Waals surface area contributed by atoms with Gasteiger partial charge in [0.1, 0.15) is 29.9 Å². The van der Waals surface area contributed by atoms with E-state index in [0.717, 1.165) is 18.5 Å². The maximum Gasteiger partial charge on any atom is 0.433 e. The number of amides is 3. The van der Waals surface area contributed by atoms with E-state index in [1.54, 1.807) is 5.32 Å². The van der Waals surface area contributed by atoms with Crippen molar-refractivity contribution in [2.45, 2.75) is 12.4 Å². The molecule has 198 valence electrons. The molecule has 3 amide bonds. The number of urea groups is 1. The summed E-state index contributed by atoms with van der Waals surface area (Å²) in [6.07, 6.45) is -7.01. The van der Waals surface area contributed by atoms with E-state index in [4.69, 9.17) is 5.73 Å². The van der Waals surface area contributed by atoms with Gasteiger partial charge < -0.3 is 16.4 Å². The summed E-state index contributed by atoms with van der Waals surface area (Å²) in [5, 5.41) is 10.3. The Bertz CT molecular complexity index is 1500. The van der Waals surface area contributed by atoms with E-state index in [9.17, 15) is 35.9 Å². The van der Waals surface area contributed by atoms with Crippen LogP contribution in [0.3, 0.4) is 0 Å². The van der Waals surface area contributed by atoms with Crippen LogP contribution in [0.4, 0.5) is 48.5 Å². The van der Waals surface area contributed by atoms with Crippen molar-refractivity contribution < 1.29 is 35.9 Å². The van der Waals surface area contributed by atoms with Crippen molar-refractivity contribution in [2.24, 2.45) is 0 Å². The average Bonchev–Trinajstić information content (AvgIpc) is 3.23. The minimum atomic E-state index is -4.69. The molecule has 5 N–H and O–H groups in total. The number of rotatable bonds is 5. The molecule has 0 aliphatic rings. The van der Waals surface area contributed by atoms with Gasteiger partial charge in [0.25, 0.3) is 5.91 Å². The molecule has 1 aromatic carbocycles. The molecule has 0 bridgehead atoms. The van der Waals surface area contributed by atoms with Crippen molar-refractivity contribution in [3.8, 4) is 11.1 Å². The minimum Gasteiger partial charge on any atom is -0.382 e. The van der Waals surface area contributed by atoms with Gasteiger partial charge in [0, 0.05) is 17.4 Å². The minimum absolute atomic E-state index is 0.0416. The van der Waals surface area contributed by atoms with E-state index in [-0.39, 0.29) is 34.0 Å². The van der Waals surface area contributed by atoms with E-state index >= 15 is 0 Å². The Morgan fingerprint density at radius 3 is 2.34 bits per heavy atom. The highest BCUT2D eigenvalue weighted by molar-refractivity contribution is 6.07. The fourth-order valence-corrected chi connectivity index (χ4v) is 3.44. The summed E-state index contributed by atoms with van der Waals surface area (Å²) in [6.45, 7) is -1.56. The Hall–Kier alpha value is -4.89. The summed E-state index contributed by atoms with van der Waals surface area (Å²) in [7, 11) is 0. The van der Waals surface area contributed by atoms with Gasteiger partial charge in [-0.25, -0.2) is 19.3 Å². The zero-order valence-electron chi connectivity index (χ0n) is 18.9. The zero-order chi connectivity index (χ0) is 27.7. The average molecular weight is 538 g/mol. The van der Waals surface area contributed by atoms with Gasteiger partial charge in [-0.15, -0.1) is 0 Å². The Labute approximate surface area is 208 Å². The van der Waals surface area contributed by atoms with E-state index in [1.165, 1.54) is 41.0 Å². The molecule has 0 aliphatic heterocycles. The highest BCUT2D eigenvalue weighted by Crippen LogP contribution is 2.33. The van der Waals surface area contributed by atoms with E-state index < -0.39 is 36.5 Å². The number of nitrogen functional groups attached to an aromatic ring is 1. The normalized spacial score (nSPS) is 11.8. The Kier molecular flexibility index (Phi) is 6.80. The summed E-state index contributed by atoms with van der Waals surface area (Å²) in [4.78, 5) is 32.0. The Morgan fingerprint density at radius 1 is 0.974 bits per heavy atom. The molecule has 0 atom stereocenters. The number of carbonyl (C=O) groups excluding carboxylic acids is 2. The van der Waals surface area contributed by atoms with Crippen molar-refractivity contribution in [1.82, 2.24) is 24.9 Å². The maximum atomic E-state index is 12.8. The smallest absolute Gasteiger partial charge is 0.382 e. The molecule has 4 rings (SSSR count). The monoisotopic (exact) mass is 538 g/mol. The number of carbonyl (C=O) groups is 2. The molecule has 0 aliphatic carbocycles. The second kappa shape index (κ2) is 9.87. The van der Waals surface area contributed by atoms with Crippen molar-refractivity contribution in [3.05, 3.63) is 66.2 Å². The lowest BCUT2D eigenvalue weighted by atomic mass is 10.0. The number of alkyl halides is 6. The van der Waals surface area contributed by atoms with Crippen molar-refractivity contribution in [2.75, 3.05) is 22.9 Å². The number of nitrogens with zero attached hydrogens (tertiary/aromatic N) is 4. The second-order valence-electron chi connectivity index (χ2n) is 7.72. The van der Waals surface area contributed by atoms with Crippen LogP contribution in [0.5, 0.6) is 0 Å². The predicted molar refractivity (Wildman–Crippen MR) is 123 cm³/mol. The number of fused-ring (bicyclic) bond motifs is 1. The number of hydrogen-bond acceptors (Lipinski definition) is 6. The lowest BCUT2D eigenvalue weighted by molar-refractivity contribution is -0.141. The van der Waals surface area contributed by atoms with Crippen LogP contribution in [0.2, 0.25) is 0 Å². The topological polar surface area (TPSA) is 139 Å². The molecular formula is C22H16F6N8O2. The molecule has 0 unspecified atom stereocenters. The van der Waals surface area contributed by atoms with E-state index in [0.29, 0.717) is 5.56 Å². The quantitative estimate of drug-likeness (QED) is 0.279. The maximum absolute atomic E-state index is 12.8. The molecule has 10 nitrogen and oxygen atoms in total. The molecule has 3 heterocycles. The SMILES string of the molecule is Nc1ncnn2cc(C(=O)NCC(F)(F)F)c(-c3ccc(NC(=O)Nc4cccc(C(F)(F)F)n4)cc3)c12. The molecule has 0 fully saturated rings. The summed E-state index contributed by atoms with van der Waals surface area (Å²) >= 11 is 0. The van der Waals surface area contributed by atoms with Gasteiger partial charge in [-0.2, -0.15) is 31.4 Å². The first-order valence-corrected chi connectivity index (χ1v) is 10.5. The summed E-state index contributed by atoms with van der Waals surface area (Å²) in [5.41, 5.74) is 5.44. The molecule has 4 aromatic rings. The van der Waals surface area contributed by atoms with Crippen LogP contribution >= 0.6 is 0 Å². The Balaban J connectivity index is 1.57. The summed E-state index contributed by atoms with van der Waals surface area (Å²) < 4.78 is 77.5. The molecule has 16 heteroatoms. The van der Waals surface area contributed by atoms with Crippen LogP contribution < -0.4 is 21.7 Å². The van der Waals surface area contributed by atoms with Crippen LogP contribution in [-0.2, 0) is 6.18 Å². The van der Waals surface area contributed by atoms with Crippen molar-refractivity contribution in [1.29, 1.82) is 0 Å². The number of benzene rings is 1. The lowest BCUT2D eigenvalue weighted by Gasteiger charge is -2.11. The van der Waals surface area contributed by atoms with Gasteiger partial charge in [0.15, 0.2) is 5.82 Å². The number of hydrogen-bond donors (Lipinski definition) is 4. The first-order chi connectivity index (χ1) is 17.8. The second-order valence-corrected chi connectivity index (χ2v) is 7.72. The third-order valence-corrected chi connectivity index (χ3v) is 5.01. The summed E-state index contributed by atoms with van der Waals surface area (Å²) in [6, 6.07) is 7.81. The third kappa shape index (κ3) is 5.91. The molecule has 3 aromatic heterocycles. The first-order valence-electron chi connectivity index (χ1n) is 10.5. The van der Waals surface area contributed by atoms with Gasteiger partial charge in [-0.3, -0.25) is 10.1 Å². The Morgan fingerprint density at radius 2 is 1.68 bits per heavy atom.